The van der Waals surface area contributed by atoms with Crippen LogP contribution >= 0.6 is 0 Å². The standard InChI is InChI=1S/C25H39N3O5S/c1-4-6-23(29)28-16-5-7-21(19-28)9-8-20-10-12-22(13-11-20)34(31,32)25(24(30)26-33-3)14-17-27(2)18-15-25/h10-13,21H,4-9,14-19H2,1-3H3,(H,26,30). The topological polar surface area (TPSA) is 96.0 Å². The quantitative estimate of drug-likeness (QED) is 0.531. The van der Waals surface area contributed by atoms with Crippen LogP contribution in [0.25, 0.3) is 0 Å². The van der Waals surface area contributed by atoms with Gasteiger partial charge < -0.3 is 9.80 Å². The number of piperidine rings is 2. The Balaban J connectivity index is 1.68. The van der Waals surface area contributed by atoms with E-state index >= 15 is 0 Å². The smallest absolute Gasteiger partial charge is 0.265 e. The molecule has 1 aromatic rings. The molecule has 2 heterocycles. The molecule has 3 rings (SSSR count). The van der Waals surface area contributed by atoms with E-state index < -0.39 is 20.5 Å². The molecule has 9 heteroatoms. The summed E-state index contributed by atoms with van der Waals surface area (Å²) in [7, 11) is -0.672. The Bertz CT molecular complexity index is 940. The molecule has 0 aromatic heterocycles. The third-order valence-corrected chi connectivity index (χ3v) is 9.84. The Hall–Kier alpha value is -1.97. The number of carbonyl (C=O) groups is 2. The number of hydrogen-bond acceptors (Lipinski definition) is 6. The van der Waals surface area contributed by atoms with Gasteiger partial charge in [0.25, 0.3) is 5.91 Å². The number of aryl methyl sites for hydroxylation is 1. The van der Waals surface area contributed by atoms with E-state index in [1.54, 1.807) is 12.1 Å². The van der Waals surface area contributed by atoms with E-state index in [4.69, 9.17) is 4.84 Å². The lowest BCUT2D eigenvalue weighted by atomic mass is 9.91. The molecule has 2 aliphatic heterocycles. The van der Waals surface area contributed by atoms with Crippen LogP contribution < -0.4 is 5.48 Å². The largest absolute Gasteiger partial charge is 0.342 e. The Labute approximate surface area is 203 Å². The highest BCUT2D eigenvalue weighted by atomic mass is 32.2. The summed E-state index contributed by atoms with van der Waals surface area (Å²) in [5.74, 6) is 0.118. The van der Waals surface area contributed by atoms with Gasteiger partial charge in [0.05, 0.1) is 12.0 Å². The first-order valence-corrected chi connectivity index (χ1v) is 13.8. The lowest BCUT2D eigenvalue weighted by molar-refractivity contribution is -0.135. The second-order valence-electron chi connectivity index (χ2n) is 9.72. The summed E-state index contributed by atoms with van der Waals surface area (Å²) in [6.45, 7) is 4.75. The number of likely N-dealkylation sites (tertiary alicyclic amines) is 2. The number of nitrogens with zero attached hydrogens (tertiary/aromatic N) is 2. The van der Waals surface area contributed by atoms with Crippen molar-refractivity contribution in [1.82, 2.24) is 15.3 Å². The van der Waals surface area contributed by atoms with Crippen molar-refractivity contribution in [2.75, 3.05) is 40.3 Å². The van der Waals surface area contributed by atoms with Crippen LogP contribution in [0.15, 0.2) is 29.2 Å². The van der Waals surface area contributed by atoms with Gasteiger partial charge in [0.2, 0.25) is 5.91 Å². The summed E-state index contributed by atoms with van der Waals surface area (Å²) >= 11 is 0. The van der Waals surface area contributed by atoms with Crippen LogP contribution in [0.5, 0.6) is 0 Å². The summed E-state index contributed by atoms with van der Waals surface area (Å²) in [6.07, 6.45) is 5.89. The van der Waals surface area contributed by atoms with Crippen molar-refractivity contribution in [3.05, 3.63) is 29.8 Å². The maximum Gasteiger partial charge on any atom is 0.265 e. The molecule has 1 aromatic carbocycles. The Kier molecular flexibility index (Phi) is 9.12. The van der Waals surface area contributed by atoms with E-state index in [1.807, 2.05) is 35.9 Å². The number of amides is 2. The maximum atomic E-state index is 13.6. The van der Waals surface area contributed by atoms with E-state index in [0.717, 1.165) is 50.8 Å². The lowest BCUT2D eigenvalue weighted by Gasteiger charge is -2.38. The summed E-state index contributed by atoms with van der Waals surface area (Å²) in [6, 6.07) is 6.96. The molecule has 0 radical (unpaired) electrons. The molecule has 0 bridgehead atoms. The van der Waals surface area contributed by atoms with Crippen molar-refractivity contribution in [2.24, 2.45) is 5.92 Å². The molecule has 8 nitrogen and oxygen atoms in total. The average Bonchev–Trinajstić information content (AvgIpc) is 2.84. The Morgan fingerprint density at radius 1 is 1.15 bits per heavy atom. The predicted molar refractivity (Wildman–Crippen MR) is 131 cm³/mol. The summed E-state index contributed by atoms with van der Waals surface area (Å²) in [5, 5.41) is 0. The molecule has 0 saturated carbocycles. The molecule has 190 valence electrons. The second-order valence-corrected chi connectivity index (χ2v) is 12.0. The molecular weight excluding hydrogens is 454 g/mol. The summed E-state index contributed by atoms with van der Waals surface area (Å²) in [4.78, 5) is 34.1. The van der Waals surface area contributed by atoms with Crippen molar-refractivity contribution in [1.29, 1.82) is 0 Å². The maximum absolute atomic E-state index is 13.6. The molecule has 1 N–H and O–H groups in total. The zero-order chi connectivity index (χ0) is 24.8. The zero-order valence-corrected chi connectivity index (χ0v) is 21.5. The van der Waals surface area contributed by atoms with Gasteiger partial charge in [-0.05, 0) is 88.7 Å². The molecule has 1 unspecified atom stereocenters. The first-order valence-electron chi connectivity index (χ1n) is 12.4. The van der Waals surface area contributed by atoms with Gasteiger partial charge in [0, 0.05) is 19.5 Å². The van der Waals surface area contributed by atoms with Crippen LogP contribution in [-0.4, -0.2) is 75.1 Å². The fraction of sp³-hybridized carbons (Fsp3) is 0.680. The number of hydroxylamine groups is 1. The normalized spacial score (nSPS) is 21.3. The van der Waals surface area contributed by atoms with Crippen molar-refractivity contribution < 1.29 is 22.8 Å². The van der Waals surface area contributed by atoms with Crippen LogP contribution in [0, 0.1) is 5.92 Å². The van der Waals surface area contributed by atoms with Gasteiger partial charge in [-0.1, -0.05) is 19.1 Å². The fourth-order valence-corrected chi connectivity index (χ4v) is 7.07. The second kappa shape index (κ2) is 11.6. The number of nitrogens with one attached hydrogen (secondary N) is 1. The highest BCUT2D eigenvalue weighted by Crippen LogP contribution is 2.36. The van der Waals surface area contributed by atoms with Crippen molar-refractivity contribution in [3.63, 3.8) is 0 Å². The third kappa shape index (κ3) is 5.80. The number of sulfone groups is 1. The van der Waals surface area contributed by atoms with Gasteiger partial charge in [-0.2, -0.15) is 0 Å². The van der Waals surface area contributed by atoms with Gasteiger partial charge in [-0.25, -0.2) is 13.9 Å². The van der Waals surface area contributed by atoms with E-state index in [9.17, 15) is 18.0 Å². The van der Waals surface area contributed by atoms with Crippen LogP contribution in [0.2, 0.25) is 0 Å². The molecule has 2 amide bonds. The van der Waals surface area contributed by atoms with Crippen LogP contribution in [0.3, 0.4) is 0 Å². The van der Waals surface area contributed by atoms with Crippen molar-refractivity contribution in [3.8, 4) is 0 Å². The third-order valence-electron chi connectivity index (χ3n) is 7.33. The number of carbonyl (C=O) groups excluding carboxylic acids is 2. The minimum absolute atomic E-state index is 0.168. The Morgan fingerprint density at radius 2 is 1.82 bits per heavy atom. The van der Waals surface area contributed by atoms with Crippen molar-refractivity contribution in [2.45, 2.75) is 67.9 Å². The minimum Gasteiger partial charge on any atom is -0.342 e. The van der Waals surface area contributed by atoms with E-state index in [1.165, 1.54) is 7.11 Å². The highest BCUT2D eigenvalue weighted by molar-refractivity contribution is 7.93. The van der Waals surface area contributed by atoms with Gasteiger partial charge in [-0.3, -0.25) is 14.4 Å². The first kappa shape index (κ1) is 26.6. The number of benzene rings is 1. The molecular formula is C25H39N3O5S. The molecule has 2 fully saturated rings. The number of rotatable bonds is 9. The van der Waals surface area contributed by atoms with Gasteiger partial charge in [0.1, 0.15) is 0 Å². The lowest BCUT2D eigenvalue weighted by Crippen LogP contribution is -2.57. The van der Waals surface area contributed by atoms with Gasteiger partial charge in [0.15, 0.2) is 14.6 Å². The molecule has 2 saturated heterocycles. The average molecular weight is 494 g/mol. The van der Waals surface area contributed by atoms with Gasteiger partial charge in [-0.15, -0.1) is 0 Å². The summed E-state index contributed by atoms with van der Waals surface area (Å²) < 4.78 is 25.7. The fourth-order valence-electron chi connectivity index (χ4n) is 5.11. The van der Waals surface area contributed by atoms with Crippen LogP contribution in [0.1, 0.15) is 57.4 Å². The molecule has 0 spiro atoms. The van der Waals surface area contributed by atoms with Crippen LogP contribution in [0.4, 0.5) is 0 Å². The molecule has 34 heavy (non-hydrogen) atoms. The Morgan fingerprint density at radius 3 is 2.44 bits per heavy atom. The van der Waals surface area contributed by atoms with E-state index in [0.29, 0.717) is 25.4 Å². The summed E-state index contributed by atoms with van der Waals surface area (Å²) in [5.41, 5.74) is 3.33. The monoisotopic (exact) mass is 493 g/mol. The van der Waals surface area contributed by atoms with E-state index in [2.05, 4.69) is 5.48 Å². The molecule has 1 atom stereocenters. The van der Waals surface area contributed by atoms with Crippen molar-refractivity contribution >= 4 is 21.7 Å². The van der Waals surface area contributed by atoms with Crippen LogP contribution in [-0.2, 0) is 30.7 Å². The first-order chi connectivity index (χ1) is 16.2. The zero-order valence-electron chi connectivity index (χ0n) is 20.7. The predicted octanol–water partition coefficient (Wildman–Crippen LogP) is 2.57. The van der Waals surface area contributed by atoms with Gasteiger partial charge >= 0.3 is 0 Å². The van der Waals surface area contributed by atoms with E-state index in [-0.39, 0.29) is 23.6 Å². The molecule has 2 aliphatic rings. The molecule has 0 aliphatic carbocycles. The SMILES string of the molecule is CCCC(=O)N1CCCC(CCc2ccc(S(=O)(=O)C3(C(=O)NOC)CCN(C)CC3)cc2)C1. The number of hydrogen-bond donors (Lipinski definition) is 1. The minimum atomic E-state index is -3.91. The highest BCUT2D eigenvalue weighted by Gasteiger charge is 2.52.